The first-order chi connectivity index (χ1) is 14.2. The first kappa shape index (κ1) is 23.7. The molecule has 30 heavy (non-hydrogen) atoms. The number of carboxylic acid groups (broad SMARTS) is 1. The molecule has 1 heterocycles. The Morgan fingerprint density at radius 2 is 2.13 bits per heavy atom. The third-order valence-corrected chi connectivity index (χ3v) is 5.45. The molecule has 162 valence electrons. The molecule has 1 fully saturated rings. The first-order valence-corrected chi connectivity index (χ1v) is 10.4. The van der Waals surface area contributed by atoms with Crippen molar-refractivity contribution < 1.29 is 33.7 Å². The maximum absolute atomic E-state index is 11.8. The highest BCUT2D eigenvalue weighted by Gasteiger charge is 2.32. The van der Waals surface area contributed by atoms with Crippen LogP contribution in [0, 0.1) is 0 Å². The average Bonchev–Trinajstić information content (AvgIpc) is 3.02. The van der Waals surface area contributed by atoms with Gasteiger partial charge in [0.2, 0.25) is 5.91 Å². The molecule has 1 aliphatic rings. The van der Waals surface area contributed by atoms with E-state index < -0.39 is 29.2 Å². The van der Waals surface area contributed by atoms with E-state index in [2.05, 4.69) is 31.4 Å². The molecule has 2 rings (SSSR count). The van der Waals surface area contributed by atoms with Crippen molar-refractivity contribution in [2.45, 2.75) is 31.6 Å². The molecule has 0 radical (unpaired) electrons. The van der Waals surface area contributed by atoms with Crippen LogP contribution in [0.15, 0.2) is 26.8 Å². The summed E-state index contributed by atoms with van der Waals surface area (Å²) in [6.07, 6.45) is 0.307. The van der Waals surface area contributed by atoms with Crippen molar-refractivity contribution >= 4 is 56.9 Å². The summed E-state index contributed by atoms with van der Waals surface area (Å²) < 4.78 is 16.5. The number of carbonyl (C=O) groups is 3. The smallest absolute Gasteiger partial charge is 0.347 e. The van der Waals surface area contributed by atoms with E-state index in [4.69, 9.17) is 19.3 Å². The molecule has 1 aromatic rings. The zero-order valence-corrected chi connectivity index (χ0v) is 18.8. The van der Waals surface area contributed by atoms with Gasteiger partial charge in [0.05, 0.1) is 26.4 Å². The third-order valence-electron chi connectivity index (χ3n) is 3.69. The first-order valence-electron chi connectivity index (χ1n) is 8.76. The van der Waals surface area contributed by atoms with Crippen LogP contribution in [0.3, 0.4) is 0 Å². The van der Waals surface area contributed by atoms with Crippen molar-refractivity contribution in [1.29, 1.82) is 0 Å². The summed E-state index contributed by atoms with van der Waals surface area (Å²) in [7, 11) is 1.46. The Balaban J connectivity index is 2.12. The molecule has 0 bridgehead atoms. The average molecular weight is 502 g/mol. The summed E-state index contributed by atoms with van der Waals surface area (Å²) in [6, 6.07) is 3.26. The molecule has 1 aliphatic heterocycles. The molecule has 0 spiro atoms. The number of halogens is 1. The van der Waals surface area contributed by atoms with Gasteiger partial charge in [-0.3, -0.25) is 9.59 Å². The molecule has 0 saturated carbocycles. The van der Waals surface area contributed by atoms with E-state index >= 15 is 0 Å². The molecule has 2 unspecified atom stereocenters. The van der Waals surface area contributed by atoms with Crippen LogP contribution in [-0.4, -0.2) is 59.4 Å². The Labute approximate surface area is 185 Å². The molecule has 2 atom stereocenters. The summed E-state index contributed by atoms with van der Waals surface area (Å²) in [6.45, 7) is 3.53. The van der Waals surface area contributed by atoms with Gasteiger partial charge in [-0.2, -0.15) is 5.10 Å². The largest absolute Gasteiger partial charge is 0.493 e. The van der Waals surface area contributed by atoms with Crippen molar-refractivity contribution in [3.63, 3.8) is 0 Å². The minimum absolute atomic E-state index is 0.216. The monoisotopic (exact) mass is 501 g/mol. The number of carboxylic acids is 1. The number of methoxy groups -OCH3 is 1. The van der Waals surface area contributed by atoms with Gasteiger partial charge in [0.15, 0.2) is 22.8 Å². The number of esters is 1. The molecule has 10 nitrogen and oxygen atoms in total. The normalized spacial score (nSPS) is 18.3. The predicted molar refractivity (Wildman–Crippen MR) is 114 cm³/mol. The summed E-state index contributed by atoms with van der Waals surface area (Å²) in [5, 5.41) is 18.6. The van der Waals surface area contributed by atoms with Crippen LogP contribution in [0.4, 0.5) is 0 Å². The molecular formula is C18H20BrN3O7S. The molecule has 0 aromatic heterocycles. The highest BCUT2D eigenvalue weighted by atomic mass is 79.9. The Morgan fingerprint density at radius 1 is 1.40 bits per heavy atom. The van der Waals surface area contributed by atoms with Crippen molar-refractivity contribution in [3.05, 3.63) is 22.2 Å². The molecule has 0 aliphatic carbocycles. The quantitative estimate of drug-likeness (QED) is 0.298. The standard InChI is InChI=1S/C18H20BrN3O7S/c1-4-28-17(26)9(2)29-13-6-11(19)10(5-12(13)27-3)8-20-22-18-21-16(25)14(30-18)7-15(23)24/h5-6,8-9,14H,4,7H2,1-3H3,(H,23,24)(H,21,22,25). The lowest BCUT2D eigenvalue weighted by atomic mass is 10.2. The van der Waals surface area contributed by atoms with Gasteiger partial charge in [-0.1, -0.05) is 11.8 Å². The van der Waals surface area contributed by atoms with Gasteiger partial charge in [-0.25, -0.2) is 4.79 Å². The summed E-state index contributed by atoms with van der Waals surface area (Å²) in [5.41, 5.74) is 0.601. The number of ether oxygens (including phenoxy) is 3. The predicted octanol–water partition coefficient (Wildman–Crippen LogP) is 2.18. The number of nitrogens with one attached hydrogen (secondary N) is 1. The number of amides is 1. The topological polar surface area (TPSA) is 136 Å². The van der Waals surface area contributed by atoms with E-state index in [1.54, 1.807) is 26.0 Å². The molecule has 1 aromatic carbocycles. The van der Waals surface area contributed by atoms with Crippen molar-refractivity contribution in [1.82, 2.24) is 5.32 Å². The van der Waals surface area contributed by atoms with E-state index in [1.165, 1.54) is 13.3 Å². The van der Waals surface area contributed by atoms with Gasteiger partial charge in [0.25, 0.3) is 0 Å². The summed E-state index contributed by atoms with van der Waals surface area (Å²) >= 11 is 4.40. The molecular weight excluding hydrogens is 482 g/mol. The van der Waals surface area contributed by atoms with Crippen LogP contribution in [0.2, 0.25) is 0 Å². The Morgan fingerprint density at radius 3 is 2.77 bits per heavy atom. The molecule has 1 saturated heterocycles. The zero-order chi connectivity index (χ0) is 22.3. The number of carbonyl (C=O) groups excluding carboxylic acids is 2. The Bertz CT molecular complexity index is 891. The fraction of sp³-hybridized carbons (Fsp3) is 0.389. The van der Waals surface area contributed by atoms with Crippen LogP contribution < -0.4 is 14.8 Å². The highest BCUT2D eigenvalue weighted by molar-refractivity contribution is 9.10. The molecule has 12 heteroatoms. The van der Waals surface area contributed by atoms with Crippen LogP contribution in [0.1, 0.15) is 25.8 Å². The van der Waals surface area contributed by atoms with Crippen LogP contribution in [0.5, 0.6) is 11.5 Å². The molecule has 2 N–H and O–H groups in total. The Kier molecular flexibility index (Phi) is 8.66. The second kappa shape index (κ2) is 11.0. The maximum atomic E-state index is 11.8. The minimum atomic E-state index is -1.07. The number of nitrogens with zero attached hydrogens (tertiary/aromatic N) is 2. The lowest BCUT2D eigenvalue weighted by Crippen LogP contribution is -2.26. The van der Waals surface area contributed by atoms with E-state index in [-0.39, 0.29) is 18.2 Å². The maximum Gasteiger partial charge on any atom is 0.347 e. The Hall–Kier alpha value is -2.60. The van der Waals surface area contributed by atoms with Crippen LogP contribution in [-0.2, 0) is 19.1 Å². The van der Waals surface area contributed by atoms with Gasteiger partial charge >= 0.3 is 11.9 Å². The van der Waals surface area contributed by atoms with Crippen LogP contribution >= 0.6 is 27.7 Å². The number of hydrogen-bond donors (Lipinski definition) is 2. The van der Waals surface area contributed by atoms with E-state index in [0.29, 0.717) is 21.5 Å². The minimum Gasteiger partial charge on any atom is -0.493 e. The van der Waals surface area contributed by atoms with Crippen LogP contribution in [0.25, 0.3) is 0 Å². The van der Waals surface area contributed by atoms with Gasteiger partial charge in [-0.05, 0) is 41.9 Å². The second-order valence-electron chi connectivity index (χ2n) is 5.88. The van der Waals surface area contributed by atoms with Gasteiger partial charge in [0.1, 0.15) is 5.25 Å². The fourth-order valence-corrected chi connectivity index (χ4v) is 3.63. The van der Waals surface area contributed by atoms with Gasteiger partial charge in [0, 0.05) is 10.0 Å². The lowest BCUT2D eigenvalue weighted by molar-refractivity contribution is -0.150. The van der Waals surface area contributed by atoms with E-state index in [1.807, 2.05) is 0 Å². The number of amidine groups is 1. The molecule has 1 amide bonds. The van der Waals surface area contributed by atoms with Crippen molar-refractivity contribution in [2.24, 2.45) is 10.2 Å². The summed E-state index contributed by atoms with van der Waals surface area (Å²) in [4.78, 5) is 34.2. The second-order valence-corrected chi connectivity index (χ2v) is 7.93. The number of hydrogen-bond acceptors (Lipinski definition) is 9. The third kappa shape index (κ3) is 6.46. The van der Waals surface area contributed by atoms with Gasteiger partial charge < -0.3 is 24.6 Å². The van der Waals surface area contributed by atoms with E-state index in [0.717, 1.165) is 11.8 Å². The number of thioether (sulfide) groups is 1. The lowest BCUT2D eigenvalue weighted by Gasteiger charge is -2.16. The number of benzene rings is 1. The number of aliphatic carboxylic acids is 1. The van der Waals surface area contributed by atoms with E-state index in [9.17, 15) is 14.4 Å². The zero-order valence-electron chi connectivity index (χ0n) is 16.4. The fourth-order valence-electron chi connectivity index (χ4n) is 2.29. The van der Waals surface area contributed by atoms with Gasteiger partial charge in [-0.15, -0.1) is 5.10 Å². The number of rotatable bonds is 9. The SMILES string of the molecule is CCOC(=O)C(C)Oc1cc(Br)c(C=NN=C2NC(=O)C(CC(=O)O)S2)cc1OC. The summed E-state index contributed by atoms with van der Waals surface area (Å²) in [5.74, 6) is -1.27. The highest BCUT2D eigenvalue weighted by Crippen LogP contribution is 2.33. The van der Waals surface area contributed by atoms with Crippen molar-refractivity contribution in [2.75, 3.05) is 13.7 Å². The van der Waals surface area contributed by atoms with Crippen molar-refractivity contribution in [3.8, 4) is 11.5 Å².